The molecule has 1 spiro atoms. The molecule has 4 rings (SSSR count). The Morgan fingerprint density at radius 2 is 1.86 bits per heavy atom. The van der Waals surface area contributed by atoms with Crippen molar-refractivity contribution in [3.8, 4) is 0 Å². The quantitative estimate of drug-likeness (QED) is 0.594. The Morgan fingerprint density at radius 1 is 1.14 bits per heavy atom. The van der Waals surface area contributed by atoms with Crippen LogP contribution >= 0.6 is 23.2 Å². The maximum absolute atomic E-state index is 6.08. The van der Waals surface area contributed by atoms with Crippen molar-refractivity contribution >= 4 is 34.2 Å². The Labute approximate surface area is 131 Å². The first-order valence-electron chi connectivity index (χ1n) is 7.01. The van der Waals surface area contributed by atoms with Gasteiger partial charge in [-0.25, -0.2) is 9.67 Å². The molecule has 1 aliphatic heterocycles. The smallest absolute Gasteiger partial charge is 0.225 e. The van der Waals surface area contributed by atoms with Crippen LogP contribution in [0.3, 0.4) is 0 Å². The molecule has 0 radical (unpaired) electrons. The van der Waals surface area contributed by atoms with E-state index in [1.807, 2.05) is 4.68 Å². The molecule has 0 bridgehead atoms. The van der Waals surface area contributed by atoms with Gasteiger partial charge < -0.3 is 9.47 Å². The SMILES string of the molecule is Clc1nc(Cl)c2cnn(C3CCC4(CC3)OCCO4)c2n1. The molecule has 112 valence electrons. The van der Waals surface area contributed by atoms with Gasteiger partial charge in [-0.2, -0.15) is 10.1 Å². The molecule has 21 heavy (non-hydrogen) atoms. The van der Waals surface area contributed by atoms with Crippen molar-refractivity contribution in [2.45, 2.75) is 37.5 Å². The maximum atomic E-state index is 6.08. The Bertz CT molecular complexity index is 674. The molecule has 0 atom stereocenters. The lowest BCUT2D eigenvalue weighted by molar-refractivity contribution is -0.181. The van der Waals surface area contributed by atoms with Gasteiger partial charge >= 0.3 is 0 Å². The van der Waals surface area contributed by atoms with Crippen LogP contribution in [0, 0.1) is 0 Å². The van der Waals surface area contributed by atoms with Gasteiger partial charge in [0.1, 0.15) is 5.15 Å². The highest BCUT2D eigenvalue weighted by Gasteiger charge is 2.41. The number of rotatable bonds is 1. The van der Waals surface area contributed by atoms with Gasteiger partial charge in [-0.15, -0.1) is 0 Å². The first-order chi connectivity index (χ1) is 10.2. The van der Waals surface area contributed by atoms with Crippen molar-refractivity contribution in [1.29, 1.82) is 0 Å². The fourth-order valence-corrected chi connectivity index (χ4v) is 3.63. The van der Waals surface area contributed by atoms with Gasteiger partial charge in [0.25, 0.3) is 0 Å². The molecule has 6 nitrogen and oxygen atoms in total. The fourth-order valence-electron chi connectivity index (χ4n) is 3.21. The molecule has 0 unspecified atom stereocenters. The number of hydrogen-bond acceptors (Lipinski definition) is 5. The van der Waals surface area contributed by atoms with Crippen molar-refractivity contribution in [1.82, 2.24) is 19.7 Å². The third kappa shape index (κ3) is 2.30. The van der Waals surface area contributed by atoms with Gasteiger partial charge in [0.2, 0.25) is 5.28 Å². The van der Waals surface area contributed by atoms with Crippen LogP contribution in [-0.4, -0.2) is 38.7 Å². The van der Waals surface area contributed by atoms with Crippen LogP contribution < -0.4 is 0 Å². The fraction of sp³-hybridized carbons (Fsp3) is 0.615. The van der Waals surface area contributed by atoms with Crippen LogP contribution in [0.15, 0.2) is 6.20 Å². The topological polar surface area (TPSA) is 62.1 Å². The summed E-state index contributed by atoms with van der Waals surface area (Å²) in [6.07, 6.45) is 5.28. The third-order valence-corrected chi connectivity index (χ3v) is 4.71. The van der Waals surface area contributed by atoms with Crippen molar-refractivity contribution in [2.75, 3.05) is 13.2 Å². The van der Waals surface area contributed by atoms with E-state index in [4.69, 9.17) is 32.7 Å². The first kappa shape index (κ1) is 13.7. The van der Waals surface area contributed by atoms with E-state index in [1.54, 1.807) is 6.20 Å². The predicted octanol–water partition coefficient (Wildman–Crippen LogP) is 2.99. The van der Waals surface area contributed by atoms with E-state index in [1.165, 1.54) is 0 Å². The molecule has 1 saturated heterocycles. The highest BCUT2D eigenvalue weighted by molar-refractivity contribution is 6.35. The molecule has 1 aliphatic carbocycles. The number of aromatic nitrogens is 4. The summed E-state index contributed by atoms with van der Waals surface area (Å²) in [5, 5.41) is 5.64. The average Bonchev–Trinajstić information content (AvgIpc) is 3.08. The van der Waals surface area contributed by atoms with E-state index in [2.05, 4.69) is 15.1 Å². The Hall–Kier alpha value is -0.950. The molecule has 1 saturated carbocycles. The summed E-state index contributed by atoms with van der Waals surface area (Å²) >= 11 is 12.0. The zero-order valence-electron chi connectivity index (χ0n) is 11.3. The van der Waals surface area contributed by atoms with E-state index >= 15 is 0 Å². The Morgan fingerprint density at radius 3 is 2.57 bits per heavy atom. The largest absolute Gasteiger partial charge is 0.348 e. The molecule has 3 heterocycles. The average molecular weight is 329 g/mol. The summed E-state index contributed by atoms with van der Waals surface area (Å²) in [6, 6.07) is 0.253. The second kappa shape index (κ2) is 5.05. The summed E-state index contributed by atoms with van der Waals surface area (Å²) in [5.74, 6) is -0.371. The lowest BCUT2D eigenvalue weighted by atomic mass is 9.90. The van der Waals surface area contributed by atoms with Gasteiger partial charge in [0, 0.05) is 12.8 Å². The van der Waals surface area contributed by atoms with Crippen LogP contribution in [0.2, 0.25) is 10.4 Å². The highest BCUT2D eigenvalue weighted by atomic mass is 35.5. The maximum Gasteiger partial charge on any atom is 0.225 e. The molecular weight excluding hydrogens is 315 g/mol. The number of ether oxygens (including phenoxy) is 2. The number of halogens is 2. The van der Waals surface area contributed by atoms with Gasteiger partial charge in [-0.05, 0) is 24.4 Å². The lowest BCUT2D eigenvalue weighted by Gasteiger charge is -2.35. The molecular formula is C13H14Cl2N4O2. The number of hydrogen-bond donors (Lipinski definition) is 0. The summed E-state index contributed by atoms with van der Waals surface area (Å²) < 4.78 is 13.4. The molecule has 2 aliphatic rings. The van der Waals surface area contributed by atoms with Crippen molar-refractivity contribution in [3.05, 3.63) is 16.6 Å². The standard InChI is InChI=1S/C13H14Cl2N4O2/c14-10-9-7-16-19(11(9)18-12(15)17-10)8-1-3-13(4-2-8)20-5-6-21-13/h7-8H,1-6H2. The van der Waals surface area contributed by atoms with Crippen molar-refractivity contribution in [2.24, 2.45) is 0 Å². The van der Waals surface area contributed by atoms with Crippen LogP contribution in [0.1, 0.15) is 31.7 Å². The zero-order valence-corrected chi connectivity index (χ0v) is 12.8. The molecule has 2 aromatic heterocycles. The molecule has 2 fully saturated rings. The monoisotopic (exact) mass is 328 g/mol. The number of fused-ring (bicyclic) bond motifs is 1. The van der Waals surface area contributed by atoms with Crippen LogP contribution in [0.5, 0.6) is 0 Å². The molecule has 0 amide bonds. The van der Waals surface area contributed by atoms with E-state index in [-0.39, 0.29) is 17.1 Å². The molecule has 0 aromatic carbocycles. The second-order valence-corrected chi connectivity index (χ2v) is 6.14. The van der Waals surface area contributed by atoms with Gasteiger partial charge in [-0.3, -0.25) is 0 Å². The van der Waals surface area contributed by atoms with E-state index < -0.39 is 0 Å². The van der Waals surface area contributed by atoms with E-state index in [0.29, 0.717) is 24.0 Å². The summed E-state index contributed by atoms with van der Waals surface area (Å²) in [6.45, 7) is 1.38. The predicted molar refractivity (Wildman–Crippen MR) is 77.5 cm³/mol. The molecule has 2 aromatic rings. The second-order valence-electron chi connectivity index (χ2n) is 5.45. The van der Waals surface area contributed by atoms with Gasteiger partial charge in [-0.1, -0.05) is 11.6 Å². The summed E-state index contributed by atoms with van der Waals surface area (Å²) in [5.41, 5.74) is 0.689. The highest BCUT2D eigenvalue weighted by Crippen LogP contribution is 2.40. The van der Waals surface area contributed by atoms with Gasteiger partial charge in [0.15, 0.2) is 11.4 Å². The van der Waals surface area contributed by atoms with Crippen molar-refractivity contribution < 1.29 is 9.47 Å². The Balaban J connectivity index is 1.63. The zero-order chi connectivity index (χ0) is 14.4. The minimum absolute atomic E-state index is 0.143. The summed E-state index contributed by atoms with van der Waals surface area (Å²) in [4.78, 5) is 8.21. The third-order valence-electron chi connectivity index (χ3n) is 4.26. The van der Waals surface area contributed by atoms with Gasteiger partial charge in [0.05, 0.1) is 30.8 Å². The van der Waals surface area contributed by atoms with Crippen LogP contribution in [-0.2, 0) is 9.47 Å². The summed E-state index contributed by atoms with van der Waals surface area (Å²) in [7, 11) is 0. The lowest BCUT2D eigenvalue weighted by Crippen LogP contribution is -2.36. The number of nitrogens with zero attached hydrogens (tertiary/aromatic N) is 4. The normalized spacial score (nSPS) is 22.4. The molecule has 8 heteroatoms. The minimum Gasteiger partial charge on any atom is -0.348 e. The van der Waals surface area contributed by atoms with Crippen LogP contribution in [0.25, 0.3) is 11.0 Å². The Kier molecular flexibility index (Phi) is 3.29. The first-order valence-corrected chi connectivity index (χ1v) is 7.77. The van der Waals surface area contributed by atoms with E-state index in [0.717, 1.165) is 31.1 Å². The van der Waals surface area contributed by atoms with E-state index in [9.17, 15) is 0 Å². The van der Waals surface area contributed by atoms with Crippen LogP contribution in [0.4, 0.5) is 0 Å². The molecule has 0 N–H and O–H groups in total. The minimum atomic E-state index is -0.371. The van der Waals surface area contributed by atoms with Crippen molar-refractivity contribution in [3.63, 3.8) is 0 Å².